The Morgan fingerprint density at radius 2 is 2.25 bits per heavy atom. The zero-order valence-corrected chi connectivity index (χ0v) is 10.1. The standard InChI is InChI=1S/C11H11BrO4/c12-10-7(2-1-3-9(13)14)4-5-8-11(10)16-6-15-8/h4-5H,1-3,6H2,(H,13,14). The van der Waals surface area contributed by atoms with Crippen molar-refractivity contribution in [1.82, 2.24) is 0 Å². The van der Waals surface area contributed by atoms with Crippen molar-refractivity contribution in [3.8, 4) is 11.5 Å². The third-order valence-electron chi connectivity index (χ3n) is 2.40. The van der Waals surface area contributed by atoms with Crippen LogP contribution in [0.15, 0.2) is 16.6 Å². The molecule has 0 spiro atoms. The number of aliphatic carboxylic acids is 1. The molecule has 1 aromatic carbocycles. The van der Waals surface area contributed by atoms with Gasteiger partial charge in [-0.25, -0.2) is 0 Å². The number of benzene rings is 1. The van der Waals surface area contributed by atoms with Gasteiger partial charge >= 0.3 is 5.97 Å². The molecule has 0 fully saturated rings. The van der Waals surface area contributed by atoms with E-state index in [1.54, 1.807) is 0 Å². The van der Waals surface area contributed by atoms with Gasteiger partial charge < -0.3 is 14.6 Å². The lowest BCUT2D eigenvalue weighted by Crippen LogP contribution is -1.96. The van der Waals surface area contributed by atoms with E-state index in [0.29, 0.717) is 18.6 Å². The van der Waals surface area contributed by atoms with Crippen molar-refractivity contribution in [1.29, 1.82) is 0 Å². The molecule has 0 amide bonds. The average molecular weight is 287 g/mol. The minimum Gasteiger partial charge on any atom is -0.481 e. The monoisotopic (exact) mass is 286 g/mol. The van der Waals surface area contributed by atoms with E-state index in [9.17, 15) is 4.79 Å². The topological polar surface area (TPSA) is 55.8 Å². The number of carboxylic acids is 1. The van der Waals surface area contributed by atoms with Crippen LogP contribution < -0.4 is 9.47 Å². The maximum atomic E-state index is 10.4. The van der Waals surface area contributed by atoms with Gasteiger partial charge in [0.25, 0.3) is 0 Å². The fourth-order valence-electron chi connectivity index (χ4n) is 1.60. The zero-order chi connectivity index (χ0) is 11.5. The van der Waals surface area contributed by atoms with Crippen LogP contribution in [0.5, 0.6) is 11.5 Å². The second kappa shape index (κ2) is 4.74. The van der Waals surface area contributed by atoms with Gasteiger partial charge in [-0.3, -0.25) is 4.79 Å². The molecular formula is C11H11BrO4. The molecule has 1 aliphatic heterocycles. The summed E-state index contributed by atoms with van der Waals surface area (Å²) in [5, 5.41) is 8.56. The van der Waals surface area contributed by atoms with Gasteiger partial charge in [-0.1, -0.05) is 6.07 Å². The third-order valence-corrected chi connectivity index (χ3v) is 3.26. The van der Waals surface area contributed by atoms with Crippen LogP contribution in [0.1, 0.15) is 18.4 Å². The van der Waals surface area contributed by atoms with Gasteiger partial charge in [0, 0.05) is 6.42 Å². The van der Waals surface area contributed by atoms with Gasteiger partial charge in [-0.2, -0.15) is 0 Å². The van der Waals surface area contributed by atoms with Crippen LogP contribution in [0.2, 0.25) is 0 Å². The number of fused-ring (bicyclic) bond motifs is 1. The number of halogens is 1. The van der Waals surface area contributed by atoms with E-state index in [4.69, 9.17) is 14.6 Å². The summed E-state index contributed by atoms with van der Waals surface area (Å²) in [6.07, 6.45) is 1.51. The minimum atomic E-state index is -0.767. The number of hydrogen-bond acceptors (Lipinski definition) is 3. The van der Waals surface area contributed by atoms with Crippen molar-refractivity contribution in [2.45, 2.75) is 19.3 Å². The van der Waals surface area contributed by atoms with E-state index < -0.39 is 5.97 Å². The first-order valence-electron chi connectivity index (χ1n) is 4.97. The predicted octanol–water partition coefficient (Wildman–Crippen LogP) is 2.59. The summed E-state index contributed by atoms with van der Waals surface area (Å²) < 4.78 is 11.4. The van der Waals surface area contributed by atoms with Crippen molar-refractivity contribution < 1.29 is 19.4 Å². The van der Waals surface area contributed by atoms with E-state index in [1.165, 1.54) is 0 Å². The van der Waals surface area contributed by atoms with Crippen molar-refractivity contribution in [3.05, 3.63) is 22.2 Å². The molecule has 86 valence electrons. The zero-order valence-electron chi connectivity index (χ0n) is 8.53. The van der Waals surface area contributed by atoms with Crippen LogP contribution in [0.4, 0.5) is 0 Å². The van der Waals surface area contributed by atoms with Crippen LogP contribution in [-0.4, -0.2) is 17.9 Å². The van der Waals surface area contributed by atoms with Crippen molar-refractivity contribution in [3.63, 3.8) is 0 Å². The molecule has 0 aromatic heterocycles. The lowest BCUT2D eigenvalue weighted by molar-refractivity contribution is -0.137. The predicted molar refractivity (Wildman–Crippen MR) is 60.8 cm³/mol. The Bertz CT molecular complexity index is 417. The molecular weight excluding hydrogens is 276 g/mol. The molecule has 0 unspecified atom stereocenters. The third kappa shape index (κ3) is 2.29. The van der Waals surface area contributed by atoms with E-state index >= 15 is 0 Å². The second-order valence-corrected chi connectivity index (χ2v) is 4.31. The Labute approximate surface area is 101 Å². The maximum Gasteiger partial charge on any atom is 0.303 e. The molecule has 0 radical (unpaired) electrons. The number of hydrogen-bond donors (Lipinski definition) is 1. The molecule has 4 nitrogen and oxygen atoms in total. The molecule has 0 aliphatic carbocycles. The van der Waals surface area contributed by atoms with Gasteiger partial charge in [0.05, 0.1) is 4.47 Å². The van der Waals surface area contributed by atoms with Gasteiger partial charge in [0.1, 0.15) is 0 Å². The molecule has 0 saturated carbocycles. The SMILES string of the molecule is O=C(O)CCCc1ccc2c(c1Br)OCO2. The summed E-state index contributed by atoms with van der Waals surface area (Å²) in [6.45, 7) is 0.243. The Morgan fingerprint density at radius 1 is 1.44 bits per heavy atom. The molecule has 0 bridgehead atoms. The fourth-order valence-corrected chi connectivity index (χ4v) is 2.24. The van der Waals surface area contributed by atoms with Crippen molar-refractivity contribution in [2.24, 2.45) is 0 Å². The average Bonchev–Trinajstić information content (AvgIpc) is 2.69. The fraction of sp³-hybridized carbons (Fsp3) is 0.364. The molecule has 0 atom stereocenters. The molecule has 1 aliphatic rings. The Kier molecular flexibility index (Phi) is 3.33. The summed E-state index contributed by atoms with van der Waals surface area (Å²) in [7, 11) is 0. The van der Waals surface area contributed by atoms with Gasteiger partial charge in [0.2, 0.25) is 6.79 Å². The highest BCUT2D eigenvalue weighted by Gasteiger charge is 2.18. The van der Waals surface area contributed by atoms with E-state index in [1.807, 2.05) is 12.1 Å². The molecule has 0 saturated heterocycles. The second-order valence-electron chi connectivity index (χ2n) is 3.52. The maximum absolute atomic E-state index is 10.4. The first kappa shape index (κ1) is 11.3. The summed E-state index contributed by atoms with van der Waals surface area (Å²) in [6, 6.07) is 3.78. The Morgan fingerprint density at radius 3 is 3.00 bits per heavy atom. The first-order valence-corrected chi connectivity index (χ1v) is 5.76. The van der Waals surface area contributed by atoms with Crippen molar-refractivity contribution >= 4 is 21.9 Å². The highest BCUT2D eigenvalue weighted by atomic mass is 79.9. The normalized spacial score (nSPS) is 12.8. The van der Waals surface area contributed by atoms with Gasteiger partial charge in [-0.05, 0) is 40.4 Å². The smallest absolute Gasteiger partial charge is 0.303 e. The highest BCUT2D eigenvalue weighted by Crippen LogP contribution is 2.41. The number of carboxylic acid groups (broad SMARTS) is 1. The minimum absolute atomic E-state index is 0.181. The molecule has 2 rings (SSSR count). The van der Waals surface area contributed by atoms with Crippen LogP contribution in [0.25, 0.3) is 0 Å². The molecule has 1 heterocycles. The van der Waals surface area contributed by atoms with E-state index in [0.717, 1.165) is 15.8 Å². The summed E-state index contributed by atoms with van der Waals surface area (Å²) in [4.78, 5) is 10.4. The first-order chi connectivity index (χ1) is 7.68. The molecule has 16 heavy (non-hydrogen) atoms. The van der Waals surface area contributed by atoms with E-state index in [2.05, 4.69) is 15.9 Å². The summed E-state index contributed by atoms with van der Waals surface area (Å²) in [5.74, 6) is 0.679. The van der Waals surface area contributed by atoms with Crippen LogP contribution in [0.3, 0.4) is 0 Å². The van der Waals surface area contributed by atoms with Crippen LogP contribution >= 0.6 is 15.9 Å². The number of carbonyl (C=O) groups is 1. The highest BCUT2D eigenvalue weighted by molar-refractivity contribution is 9.10. The quantitative estimate of drug-likeness (QED) is 0.924. The molecule has 1 aromatic rings. The summed E-state index contributed by atoms with van der Waals surface area (Å²) in [5.41, 5.74) is 1.05. The number of rotatable bonds is 4. The Balaban J connectivity index is 2.08. The largest absolute Gasteiger partial charge is 0.481 e. The van der Waals surface area contributed by atoms with Crippen LogP contribution in [-0.2, 0) is 11.2 Å². The molecule has 1 N–H and O–H groups in total. The lowest BCUT2D eigenvalue weighted by atomic mass is 10.1. The summed E-state index contributed by atoms with van der Waals surface area (Å²) >= 11 is 3.45. The molecule has 5 heteroatoms. The van der Waals surface area contributed by atoms with E-state index in [-0.39, 0.29) is 13.2 Å². The Hall–Kier alpha value is -1.23. The van der Waals surface area contributed by atoms with Crippen LogP contribution in [0, 0.1) is 0 Å². The van der Waals surface area contributed by atoms with Gasteiger partial charge in [0.15, 0.2) is 11.5 Å². The number of aryl methyl sites for hydroxylation is 1. The number of ether oxygens (including phenoxy) is 2. The lowest BCUT2D eigenvalue weighted by Gasteiger charge is -2.06. The van der Waals surface area contributed by atoms with Crippen molar-refractivity contribution in [2.75, 3.05) is 6.79 Å². The van der Waals surface area contributed by atoms with Gasteiger partial charge in [-0.15, -0.1) is 0 Å².